The lowest BCUT2D eigenvalue weighted by molar-refractivity contribution is -0.147. The standard InChI is InChI=1S/C17H15Cl2NO2/c18-15-6-5-13(7-16(15)19)12-3-1-11(2-4-12)8-20-9-14(10-20)17(21)22/h1-7,14H,8-10H2,(H,21,22). The van der Waals surface area contributed by atoms with Gasteiger partial charge in [0.25, 0.3) is 0 Å². The van der Waals surface area contributed by atoms with Gasteiger partial charge in [-0.05, 0) is 28.8 Å². The second kappa shape index (κ2) is 6.29. The summed E-state index contributed by atoms with van der Waals surface area (Å²) in [5.41, 5.74) is 3.28. The fourth-order valence-electron chi connectivity index (χ4n) is 2.59. The van der Waals surface area contributed by atoms with Gasteiger partial charge < -0.3 is 5.11 Å². The van der Waals surface area contributed by atoms with E-state index in [1.165, 1.54) is 5.56 Å². The lowest BCUT2D eigenvalue weighted by Gasteiger charge is -2.36. The number of carboxylic acids is 1. The Kier molecular flexibility index (Phi) is 4.39. The van der Waals surface area contributed by atoms with Crippen molar-refractivity contribution in [3.8, 4) is 11.1 Å². The molecule has 0 amide bonds. The van der Waals surface area contributed by atoms with Gasteiger partial charge in [-0.15, -0.1) is 0 Å². The monoisotopic (exact) mass is 335 g/mol. The summed E-state index contributed by atoms with van der Waals surface area (Å²) in [7, 11) is 0. The Balaban J connectivity index is 1.65. The van der Waals surface area contributed by atoms with Crippen LogP contribution in [0.3, 0.4) is 0 Å². The average molecular weight is 336 g/mol. The maximum Gasteiger partial charge on any atom is 0.309 e. The molecule has 3 nitrogen and oxygen atoms in total. The molecule has 0 spiro atoms. The fourth-order valence-corrected chi connectivity index (χ4v) is 2.89. The maximum atomic E-state index is 10.8. The number of hydrogen-bond acceptors (Lipinski definition) is 2. The van der Waals surface area contributed by atoms with Crippen molar-refractivity contribution in [2.24, 2.45) is 5.92 Å². The van der Waals surface area contributed by atoms with Crippen molar-refractivity contribution < 1.29 is 9.90 Å². The molecule has 1 saturated heterocycles. The van der Waals surface area contributed by atoms with E-state index in [0.29, 0.717) is 23.1 Å². The van der Waals surface area contributed by atoms with Crippen LogP contribution in [0, 0.1) is 5.92 Å². The van der Waals surface area contributed by atoms with Gasteiger partial charge in [0.15, 0.2) is 0 Å². The number of nitrogens with zero attached hydrogens (tertiary/aromatic N) is 1. The molecular weight excluding hydrogens is 321 g/mol. The molecule has 5 heteroatoms. The third-order valence-electron chi connectivity index (χ3n) is 3.92. The summed E-state index contributed by atoms with van der Waals surface area (Å²) in [5, 5.41) is 9.97. The highest BCUT2D eigenvalue weighted by Gasteiger charge is 2.31. The number of rotatable bonds is 4. The van der Waals surface area contributed by atoms with Gasteiger partial charge in [0.05, 0.1) is 16.0 Å². The van der Waals surface area contributed by atoms with Crippen LogP contribution in [0.1, 0.15) is 5.56 Å². The predicted molar refractivity (Wildman–Crippen MR) is 88.3 cm³/mol. The van der Waals surface area contributed by atoms with Crippen molar-refractivity contribution in [3.63, 3.8) is 0 Å². The van der Waals surface area contributed by atoms with E-state index in [-0.39, 0.29) is 5.92 Å². The second-order valence-corrected chi connectivity index (χ2v) is 6.37. The van der Waals surface area contributed by atoms with E-state index in [4.69, 9.17) is 28.3 Å². The van der Waals surface area contributed by atoms with Gasteiger partial charge in [0, 0.05) is 19.6 Å². The Bertz CT molecular complexity index is 694. The van der Waals surface area contributed by atoms with Crippen LogP contribution in [0.25, 0.3) is 11.1 Å². The number of halogens is 2. The summed E-state index contributed by atoms with van der Waals surface area (Å²) in [6.45, 7) is 2.04. The normalized spacial score (nSPS) is 15.5. The van der Waals surface area contributed by atoms with Gasteiger partial charge in [0.1, 0.15) is 0 Å². The average Bonchev–Trinajstić information content (AvgIpc) is 2.45. The molecule has 1 aliphatic rings. The molecule has 0 aliphatic carbocycles. The summed E-state index contributed by atoms with van der Waals surface area (Å²) in [6, 6.07) is 13.8. The number of benzene rings is 2. The first kappa shape index (κ1) is 15.3. The minimum absolute atomic E-state index is 0.213. The van der Waals surface area contributed by atoms with E-state index in [2.05, 4.69) is 17.0 Å². The van der Waals surface area contributed by atoms with Crippen LogP contribution < -0.4 is 0 Å². The molecular formula is C17H15Cl2NO2. The van der Waals surface area contributed by atoms with Crippen LogP contribution in [-0.4, -0.2) is 29.1 Å². The van der Waals surface area contributed by atoms with Crippen LogP contribution >= 0.6 is 23.2 Å². The Morgan fingerprint density at radius 2 is 1.68 bits per heavy atom. The second-order valence-electron chi connectivity index (χ2n) is 5.56. The molecule has 1 fully saturated rings. The van der Waals surface area contributed by atoms with E-state index < -0.39 is 5.97 Å². The topological polar surface area (TPSA) is 40.5 Å². The predicted octanol–water partition coefficient (Wildman–Crippen LogP) is 4.18. The number of likely N-dealkylation sites (tertiary alicyclic amines) is 1. The lowest BCUT2D eigenvalue weighted by atomic mass is 9.99. The zero-order valence-corrected chi connectivity index (χ0v) is 13.3. The van der Waals surface area contributed by atoms with Crippen molar-refractivity contribution in [3.05, 3.63) is 58.1 Å². The largest absolute Gasteiger partial charge is 0.481 e. The van der Waals surface area contributed by atoms with Crippen molar-refractivity contribution in [1.82, 2.24) is 4.90 Å². The molecule has 3 rings (SSSR count). The molecule has 0 bridgehead atoms. The summed E-state index contributed by atoms with van der Waals surface area (Å²) in [6.07, 6.45) is 0. The molecule has 0 saturated carbocycles. The molecule has 0 unspecified atom stereocenters. The first-order valence-corrected chi connectivity index (χ1v) is 7.78. The molecule has 0 aromatic heterocycles. The van der Waals surface area contributed by atoms with E-state index in [0.717, 1.165) is 17.7 Å². The molecule has 114 valence electrons. The van der Waals surface area contributed by atoms with Gasteiger partial charge >= 0.3 is 5.97 Å². The summed E-state index contributed by atoms with van der Waals surface area (Å²) in [4.78, 5) is 12.9. The van der Waals surface area contributed by atoms with Gasteiger partial charge in [-0.25, -0.2) is 0 Å². The van der Waals surface area contributed by atoms with Gasteiger partial charge in [0.2, 0.25) is 0 Å². The Morgan fingerprint density at radius 3 is 2.27 bits per heavy atom. The van der Waals surface area contributed by atoms with Crippen molar-refractivity contribution in [1.29, 1.82) is 0 Å². The minimum Gasteiger partial charge on any atom is -0.481 e. The molecule has 1 N–H and O–H groups in total. The summed E-state index contributed by atoms with van der Waals surface area (Å²) < 4.78 is 0. The Hall–Kier alpha value is -1.55. The SMILES string of the molecule is O=C(O)C1CN(Cc2ccc(-c3ccc(Cl)c(Cl)c3)cc2)C1. The van der Waals surface area contributed by atoms with Crippen LogP contribution in [0.5, 0.6) is 0 Å². The smallest absolute Gasteiger partial charge is 0.309 e. The minimum atomic E-state index is -0.703. The highest BCUT2D eigenvalue weighted by molar-refractivity contribution is 6.42. The van der Waals surface area contributed by atoms with Gasteiger partial charge in [-0.2, -0.15) is 0 Å². The quantitative estimate of drug-likeness (QED) is 0.911. The van der Waals surface area contributed by atoms with Gasteiger partial charge in [-0.1, -0.05) is 53.5 Å². The van der Waals surface area contributed by atoms with Crippen molar-refractivity contribution >= 4 is 29.2 Å². The first-order chi connectivity index (χ1) is 10.5. The zero-order valence-electron chi connectivity index (χ0n) is 11.8. The number of hydrogen-bond donors (Lipinski definition) is 1. The van der Waals surface area contributed by atoms with E-state index in [9.17, 15) is 4.79 Å². The molecule has 0 radical (unpaired) electrons. The number of carboxylic acid groups (broad SMARTS) is 1. The molecule has 22 heavy (non-hydrogen) atoms. The molecule has 1 aliphatic heterocycles. The molecule has 2 aromatic rings. The summed E-state index contributed by atoms with van der Waals surface area (Å²) in [5.74, 6) is -0.915. The number of carbonyl (C=O) groups is 1. The van der Waals surface area contributed by atoms with Crippen molar-refractivity contribution in [2.75, 3.05) is 13.1 Å². The van der Waals surface area contributed by atoms with E-state index in [1.54, 1.807) is 6.07 Å². The van der Waals surface area contributed by atoms with Crippen LogP contribution in [-0.2, 0) is 11.3 Å². The number of aliphatic carboxylic acids is 1. The van der Waals surface area contributed by atoms with Crippen LogP contribution in [0.15, 0.2) is 42.5 Å². The van der Waals surface area contributed by atoms with Gasteiger partial charge in [-0.3, -0.25) is 9.69 Å². The maximum absolute atomic E-state index is 10.8. The van der Waals surface area contributed by atoms with E-state index >= 15 is 0 Å². The molecule has 2 aromatic carbocycles. The first-order valence-electron chi connectivity index (χ1n) is 7.02. The Morgan fingerprint density at radius 1 is 1.05 bits per heavy atom. The third kappa shape index (κ3) is 3.27. The zero-order chi connectivity index (χ0) is 15.7. The summed E-state index contributed by atoms with van der Waals surface area (Å²) >= 11 is 12.0. The molecule has 1 heterocycles. The highest BCUT2D eigenvalue weighted by Crippen LogP contribution is 2.29. The highest BCUT2D eigenvalue weighted by atomic mass is 35.5. The van der Waals surface area contributed by atoms with E-state index in [1.807, 2.05) is 24.3 Å². The Labute approximate surface area is 139 Å². The molecule has 0 atom stereocenters. The lowest BCUT2D eigenvalue weighted by Crippen LogP contribution is -2.49. The van der Waals surface area contributed by atoms with Crippen LogP contribution in [0.4, 0.5) is 0 Å². The third-order valence-corrected chi connectivity index (χ3v) is 4.66. The fraction of sp³-hybridized carbons (Fsp3) is 0.235. The van der Waals surface area contributed by atoms with Crippen LogP contribution in [0.2, 0.25) is 10.0 Å². The van der Waals surface area contributed by atoms with Crippen molar-refractivity contribution in [2.45, 2.75) is 6.54 Å².